The first-order chi connectivity index (χ1) is 19.5. The molecule has 1 N–H and O–H groups in total. The summed E-state index contributed by atoms with van der Waals surface area (Å²) in [6.45, 7) is 8.41. The number of benzene rings is 3. The largest absolute Gasteiger partial charge is 0.354 e. The molecule has 41 heavy (non-hydrogen) atoms. The number of rotatable bonds is 14. The zero-order valence-corrected chi connectivity index (χ0v) is 25.7. The minimum atomic E-state index is -3.80. The summed E-state index contributed by atoms with van der Waals surface area (Å²) >= 11 is 0. The van der Waals surface area contributed by atoms with Crippen LogP contribution >= 0.6 is 0 Å². The van der Waals surface area contributed by atoms with Crippen LogP contribution in [-0.2, 0) is 32.6 Å². The van der Waals surface area contributed by atoms with Gasteiger partial charge in [-0.2, -0.15) is 0 Å². The van der Waals surface area contributed by atoms with Crippen LogP contribution in [-0.4, -0.2) is 50.5 Å². The van der Waals surface area contributed by atoms with Crippen LogP contribution in [0.15, 0.2) is 78.9 Å². The third-order valence-corrected chi connectivity index (χ3v) is 8.20. The second-order valence-electron chi connectivity index (χ2n) is 10.9. The minimum Gasteiger partial charge on any atom is -0.354 e. The fourth-order valence-electron chi connectivity index (χ4n) is 4.71. The molecule has 3 aromatic rings. The lowest BCUT2D eigenvalue weighted by Gasteiger charge is -2.33. The molecule has 0 aromatic heterocycles. The highest BCUT2D eigenvalue weighted by Crippen LogP contribution is 2.23. The molecular weight excluding hydrogens is 534 g/mol. The molecule has 0 spiro atoms. The van der Waals surface area contributed by atoms with E-state index in [-0.39, 0.29) is 18.4 Å². The van der Waals surface area contributed by atoms with Crippen molar-refractivity contribution >= 4 is 27.5 Å². The maximum atomic E-state index is 14.1. The van der Waals surface area contributed by atoms with Crippen LogP contribution in [0, 0.1) is 6.92 Å². The van der Waals surface area contributed by atoms with Gasteiger partial charge in [-0.15, -0.1) is 0 Å². The van der Waals surface area contributed by atoms with Crippen LogP contribution < -0.4 is 9.62 Å². The summed E-state index contributed by atoms with van der Waals surface area (Å²) in [5.41, 5.74) is 4.29. The molecule has 0 heterocycles. The van der Waals surface area contributed by atoms with Crippen molar-refractivity contribution in [1.82, 2.24) is 10.2 Å². The van der Waals surface area contributed by atoms with Crippen LogP contribution in [0.25, 0.3) is 0 Å². The highest BCUT2D eigenvalue weighted by molar-refractivity contribution is 7.92. The van der Waals surface area contributed by atoms with Crippen molar-refractivity contribution in [2.75, 3.05) is 23.7 Å². The lowest BCUT2D eigenvalue weighted by Crippen LogP contribution is -2.53. The van der Waals surface area contributed by atoms with Crippen LogP contribution in [0.3, 0.4) is 0 Å². The average molecular weight is 578 g/mol. The van der Waals surface area contributed by atoms with Crippen LogP contribution in [0.1, 0.15) is 61.8 Å². The van der Waals surface area contributed by atoms with Crippen LogP contribution in [0.4, 0.5) is 5.69 Å². The van der Waals surface area contributed by atoms with Gasteiger partial charge in [-0.1, -0.05) is 99.5 Å². The molecule has 0 saturated heterocycles. The molecule has 3 rings (SSSR count). The number of sulfonamides is 1. The lowest BCUT2D eigenvalue weighted by atomic mass is 10.0. The van der Waals surface area contributed by atoms with Gasteiger partial charge < -0.3 is 10.2 Å². The van der Waals surface area contributed by atoms with Crippen molar-refractivity contribution in [1.29, 1.82) is 0 Å². The molecule has 1 atom stereocenters. The predicted molar refractivity (Wildman–Crippen MR) is 166 cm³/mol. The number of hydrogen-bond donors (Lipinski definition) is 1. The van der Waals surface area contributed by atoms with E-state index in [0.717, 1.165) is 45.7 Å². The third-order valence-electron chi connectivity index (χ3n) is 7.06. The zero-order chi connectivity index (χ0) is 30.0. The van der Waals surface area contributed by atoms with Gasteiger partial charge in [0.25, 0.3) is 0 Å². The predicted octanol–water partition coefficient (Wildman–Crippen LogP) is 5.44. The van der Waals surface area contributed by atoms with Gasteiger partial charge in [0.15, 0.2) is 0 Å². The maximum Gasteiger partial charge on any atom is 0.244 e. The Morgan fingerprint density at radius 3 is 2.15 bits per heavy atom. The van der Waals surface area contributed by atoms with Gasteiger partial charge in [0.05, 0.1) is 11.9 Å². The van der Waals surface area contributed by atoms with Crippen molar-refractivity contribution in [2.45, 2.75) is 65.5 Å². The lowest BCUT2D eigenvalue weighted by molar-refractivity contribution is -0.140. The van der Waals surface area contributed by atoms with E-state index in [4.69, 9.17) is 0 Å². The summed E-state index contributed by atoms with van der Waals surface area (Å²) in [5.74, 6) is -0.418. The maximum absolute atomic E-state index is 14.1. The molecule has 0 aliphatic rings. The van der Waals surface area contributed by atoms with E-state index in [0.29, 0.717) is 18.7 Å². The van der Waals surface area contributed by atoms with Crippen LogP contribution in [0.2, 0.25) is 0 Å². The second-order valence-corrected chi connectivity index (χ2v) is 12.8. The van der Waals surface area contributed by atoms with Gasteiger partial charge in [0, 0.05) is 19.5 Å². The van der Waals surface area contributed by atoms with Crippen molar-refractivity contribution in [3.63, 3.8) is 0 Å². The summed E-state index contributed by atoms with van der Waals surface area (Å²) in [7, 11) is -3.80. The van der Waals surface area contributed by atoms with E-state index in [1.807, 2.05) is 73.7 Å². The van der Waals surface area contributed by atoms with Gasteiger partial charge in [-0.3, -0.25) is 13.9 Å². The molecule has 0 fully saturated rings. The molecule has 0 aliphatic carbocycles. The Hall–Kier alpha value is -3.65. The monoisotopic (exact) mass is 577 g/mol. The molecule has 7 nitrogen and oxygen atoms in total. The van der Waals surface area contributed by atoms with E-state index in [2.05, 4.69) is 26.1 Å². The molecule has 2 amide bonds. The SMILES string of the molecule is CCCCNC(=O)[C@H](Cc1ccccc1)N(Cc1cccc(C)c1)C(=O)CN(c1ccc(C(C)C)cc1)S(C)(=O)=O. The summed E-state index contributed by atoms with van der Waals surface area (Å²) in [6, 6.07) is 23.8. The Balaban J connectivity index is 2.02. The molecule has 0 aliphatic heterocycles. The Labute approximate surface area is 245 Å². The number of amides is 2. The fraction of sp³-hybridized carbons (Fsp3) is 0.394. The average Bonchev–Trinajstić information content (AvgIpc) is 2.93. The number of unbranched alkanes of at least 4 members (excludes halogenated alkanes) is 1. The van der Waals surface area contributed by atoms with Crippen molar-refractivity contribution in [3.05, 3.63) is 101 Å². The molecule has 220 valence electrons. The Kier molecular flexibility index (Phi) is 11.5. The van der Waals surface area contributed by atoms with Crippen molar-refractivity contribution < 1.29 is 18.0 Å². The standard InChI is InChI=1S/C33H43N3O4S/c1-6-7-20-34-33(38)31(22-27-13-9-8-10-14-27)35(23-28-15-11-12-26(4)21-28)32(37)24-36(41(5,39)40)30-18-16-29(17-19-30)25(2)3/h8-19,21,25,31H,6-7,20,22-24H2,1-5H3,(H,34,38)/t31-/m0/s1. The Morgan fingerprint density at radius 2 is 1.56 bits per heavy atom. The third kappa shape index (κ3) is 9.46. The van der Waals surface area contributed by atoms with E-state index >= 15 is 0 Å². The Morgan fingerprint density at radius 1 is 0.902 bits per heavy atom. The summed E-state index contributed by atoms with van der Waals surface area (Å²) in [6.07, 6.45) is 3.15. The normalized spacial score (nSPS) is 12.1. The van der Waals surface area contributed by atoms with E-state index in [1.165, 1.54) is 4.90 Å². The number of carbonyl (C=O) groups excluding carboxylic acids is 2. The number of nitrogens with one attached hydrogen (secondary N) is 1. The van der Waals surface area contributed by atoms with Gasteiger partial charge in [0.2, 0.25) is 21.8 Å². The first-order valence-corrected chi connectivity index (χ1v) is 16.1. The first kappa shape index (κ1) is 31.9. The van der Waals surface area contributed by atoms with Gasteiger partial charge >= 0.3 is 0 Å². The molecule has 8 heteroatoms. The highest BCUT2D eigenvalue weighted by atomic mass is 32.2. The molecule has 3 aromatic carbocycles. The smallest absolute Gasteiger partial charge is 0.244 e. The number of aryl methyl sites for hydroxylation is 1. The zero-order valence-electron chi connectivity index (χ0n) is 24.8. The van der Waals surface area contributed by atoms with Crippen LogP contribution in [0.5, 0.6) is 0 Å². The molecular formula is C33H43N3O4S. The number of hydrogen-bond acceptors (Lipinski definition) is 4. The van der Waals surface area contributed by atoms with Gasteiger partial charge in [0.1, 0.15) is 12.6 Å². The minimum absolute atomic E-state index is 0.170. The number of anilines is 1. The van der Waals surface area contributed by atoms with Gasteiger partial charge in [-0.05, 0) is 48.1 Å². The molecule has 0 saturated carbocycles. The topological polar surface area (TPSA) is 86.8 Å². The second kappa shape index (κ2) is 14.8. The Bertz CT molecular complexity index is 1390. The van der Waals surface area contributed by atoms with Crippen molar-refractivity contribution in [3.8, 4) is 0 Å². The quantitative estimate of drug-likeness (QED) is 0.259. The van der Waals surface area contributed by atoms with E-state index < -0.39 is 28.5 Å². The fourth-order valence-corrected chi connectivity index (χ4v) is 5.56. The van der Waals surface area contributed by atoms with E-state index in [1.54, 1.807) is 12.1 Å². The summed E-state index contributed by atoms with van der Waals surface area (Å²) in [5, 5.41) is 3.00. The molecule has 0 radical (unpaired) electrons. The number of nitrogens with zero attached hydrogens (tertiary/aromatic N) is 2. The summed E-state index contributed by atoms with van der Waals surface area (Å²) < 4.78 is 27.0. The highest BCUT2D eigenvalue weighted by Gasteiger charge is 2.33. The van der Waals surface area contributed by atoms with Gasteiger partial charge in [-0.25, -0.2) is 8.42 Å². The van der Waals surface area contributed by atoms with E-state index in [9.17, 15) is 18.0 Å². The molecule has 0 unspecified atom stereocenters. The summed E-state index contributed by atoms with van der Waals surface area (Å²) in [4.78, 5) is 29.3. The van der Waals surface area contributed by atoms with Crippen molar-refractivity contribution in [2.24, 2.45) is 0 Å². The molecule has 0 bridgehead atoms. The first-order valence-electron chi connectivity index (χ1n) is 14.2. The number of carbonyl (C=O) groups is 2.